The summed E-state index contributed by atoms with van der Waals surface area (Å²) in [6.07, 6.45) is 4.56. The molecule has 4 heteroatoms. The quantitative estimate of drug-likeness (QED) is 0.878. The number of hydrogen-bond donors (Lipinski definition) is 2. The third kappa shape index (κ3) is 3.10. The summed E-state index contributed by atoms with van der Waals surface area (Å²) in [7, 11) is 0. The summed E-state index contributed by atoms with van der Waals surface area (Å²) >= 11 is 0. The molecule has 0 aliphatic heterocycles. The van der Waals surface area contributed by atoms with Gasteiger partial charge in [-0.15, -0.1) is 0 Å². The summed E-state index contributed by atoms with van der Waals surface area (Å²) in [4.78, 5) is 4.44. The van der Waals surface area contributed by atoms with Crippen molar-refractivity contribution in [2.24, 2.45) is 0 Å². The van der Waals surface area contributed by atoms with Crippen molar-refractivity contribution in [1.82, 2.24) is 4.98 Å². The Bertz CT molecular complexity index is 640. The minimum Gasteiger partial charge on any atom is -0.476 e. The van der Waals surface area contributed by atoms with Gasteiger partial charge in [-0.2, -0.15) is 4.98 Å². The Kier molecular flexibility index (Phi) is 3.95. The predicted molar refractivity (Wildman–Crippen MR) is 86.2 cm³/mol. The molecule has 0 unspecified atom stereocenters. The third-order valence-corrected chi connectivity index (χ3v) is 3.70. The zero-order valence-electron chi connectivity index (χ0n) is 12.4. The van der Waals surface area contributed by atoms with Gasteiger partial charge < -0.3 is 15.8 Å². The largest absolute Gasteiger partial charge is 0.476 e. The van der Waals surface area contributed by atoms with Crippen molar-refractivity contribution in [2.75, 3.05) is 17.7 Å². The Morgan fingerprint density at radius 3 is 2.90 bits per heavy atom. The molecule has 110 valence electrons. The van der Waals surface area contributed by atoms with Crippen LogP contribution in [0.25, 0.3) is 0 Å². The molecule has 4 nitrogen and oxygen atoms in total. The topological polar surface area (TPSA) is 60.2 Å². The lowest BCUT2D eigenvalue weighted by atomic mass is 10.1. The van der Waals surface area contributed by atoms with Crippen molar-refractivity contribution in [3.05, 3.63) is 41.5 Å². The number of nitrogens with two attached hydrogens (primary N) is 1. The molecule has 21 heavy (non-hydrogen) atoms. The SMILES string of the molecule is CCCOc1nc(Nc2ccc3c(c2)CCC3)ccc1N. The number of fused-ring (bicyclic) bond motifs is 1. The van der Waals surface area contributed by atoms with Gasteiger partial charge >= 0.3 is 0 Å². The summed E-state index contributed by atoms with van der Waals surface area (Å²) in [5.41, 5.74) is 10.4. The van der Waals surface area contributed by atoms with Gasteiger partial charge in [-0.3, -0.25) is 0 Å². The van der Waals surface area contributed by atoms with Gasteiger partial charge in [-0.05, 0) is 61.1 Å². The van der Waals surface area contributed by atoms with Crippen molar-refractivity contribution >= 4 is 17.2 Å². The van der Waals surface area contributed by atoms with Crippen LogP contribution in [-0.2, 0) is 12.8 Å². The van der Waals surface area contributed by atoms with E-state index >= 15 is 0 Å². The van der Waals surface area contributed by atoms with Crippen LogP contribution in [0.2, 0.25) is 0 Å². The van der Waals surface area contributed by atoms with Crippen LogP contribution in [-0.4, -0.2) is 11.6 Å². The Balaban J connectivity index is 1.78. The van der Waals surface area contributed by atoms with Gasteiger partial charge in [0.15, 0.2) is 0 Å². The lowest BCUT2D eigenvalue weighted by Crippen LogP contribution is -2.03. The first kappa shape index (κ1) is 13.7. The Morgan fingerprint density at radius 2 is 2.05 bits per heavy atom. The maximum atomic E-state index is 5.88. The highest BCUT2D eigenvalue weighted by atomic mass is 16.5. The molecule has 0 saturated heterocycles. The summed E-state index contributed by atoms with van der Waals surface area (Å²) in [6.45, 7) is 2.68. The van der Waals surface area contributed by atoms with Crippen molar-refractivity contribution in [2.45, 2.75) is 32.6 Å². The standard InChI is InChI=1S/C17H21N3O/c1-2-10-21-17-15(18)8-9-16(20-17)19-14-7-6-12-4-3-5-13(12)11-14/h6-9,11H,2-5,10,18H2,1H3,(H,19,20). The first-order chi connectivity index (χ1) is 10.3. The van der Waals surface area contributed by atoms with Gasteiger partial charge in [0.1, 0.15) is 5.82 Å². The van der Waals surface area contributed by atoms with E-state index in [-0.39, 0.29) is 0 Å². The van der Waals surface area contributed by atoms with Crippen LogP contribution < -0.4 is 15.8 Å². The molecule has 1 aliphatic carbocycles. The average molecular weight is 283 g/mol. The maximum Gasteiger partial charge on any atom is 0.239 e. The number of hydrogen-bond acceptors (Lipinski definition) is 4. The van der Waals surface area contributed by atoms with E-state index in [1.807, 2.05) is 12.1 Å². The molecule has 0 saturated carbocycles. The fourth-order valence-corrected chi connectivity index (χ4v) is 2.63. The lowest BCUT2D eigenvalue weighted by molar-refractivity contribution is 0.307. The number of nitrogen functional groups attached to an aromatic ring is 1. The number of anilines is 3. The van der Waals surface area contributed by atoms with E-state index in [0.29, 0.717) is 18.2 Å². The van der Waals surface area contributed by atoms with Gasteiger partial charge in [0.05, 0.1) is 12.3 Å². The smallest absolute Gasteiger partial charge is 0.239 e. The summed E-state index contributed by atoms with van der Waals surface area (Å²) < 4.78 is 5.56. The van der Waals surface area contributed by atoms with Gasteiger partial charge in [0.25, 0.3) is 0 Å². The molecule has 0 fully saturated rings. The van der Waals surface area contributed by atoms with E-state index in [1.165, 1.54) is 30.4 Å². The van der Waals surface area contributed by atoms with E-state index in [9.17, 15) is 0 Å². The van der Waals surface area contributed by atoms with E-state index in [4.69, 9.17) is 10.5 Å². The average Bonchev–Trinajstić information content (AvgIpc) is 2.95. The number of ether oxygens (including phenoxy) is 1. The highest BCUT2D eigenvalue weighted by Crippen LogP contribution is 2.27. The molecule has 0 atom stereocenters. The first-order valence-electron chi connectivity index (χ1n) is 7.54. The molecule has 0 radical (unpaired) electrons. The molecular weight excluding hydrogens is 262 g/mol. The number of nitrogens with zero attached hydrogens (tertiary/aromatic N) is 1. The Labute approximate surface area is 125 Å². The van der Waals surface area contributed by atoms with Crippen LogP contribution in [0.4, 0.5) is 17.2 Å². The van der Waals surface area contributed by atoms with E-state index in [0.717, 1.165) is 17.9 Å². The first-order valence-corrected chi connectivity index (χ1v) is 7.54. The highest BCUT2D eigenvalue weighted by Gasteiger charge is 2.11. The minimum absolute atomic E-state index is 0.503. The lowest BCUT2D eigenvalue weighted by Gasteiger charge is -2.11. The van der Waals surface area contributed by atoms with E-state index in [2.05, 4.69) is 35.4 Å². The molecule has 0 amide bonds. The second kappa shape index (κ2) is 6.04. The highest BCUT2D eigenvalue weighted by molar-refractivity contribution is 5.62. The number of benzene rings is 1. The molecule has 0 spiro atoms. The second-order valence-electron chi connectivity index (χ2n) is 5.40. The molecule has 2 aromatic rings. The summed E-state index contributed by atoms with van der Waals surface area (Å²) in [6, 6.07) is 10.2. The number of nitrogens with one attached hydrogen (secondary N) is 1. The monoisotopic (exact) mass is 283 g/mol. The van der Waals surface area contributed by atoms with Gasteiger partial charge in [0, 0.05) is 5.69 Å². The Morgan fingerprint density at radius 1 is 1.19 bits per heavy atom. The normalized spacial score (nSPS) is 13.0. The zero-order valence-corrected chi connectivity index (χ0v) is 12.4. The van der Waals surface area contributed by atoms with Crippen molar-refractivity contribution in [3.63, 3.8) is 0 Å². The van der Waals surface area contributed by atoms with Crippen LogP contribution in [0.1, 0.15) is 30.9 Å². The minimum atomic E-state index is 0.503. The maximum absolute atomic E-state index is 5.88. The number of rotatable bonds is 5. The van der Waals surface area contributed by atoms with Crippen molar-refractivity contribution in [3.8, 4) is 5.88 Å². The van der Waals surface area contributed by atoms with E-state index in [1.54, 1.807) is 0 Å². The molecule has 1 aromatic carbocycles. The summed E-state index contributed by atoms with van der Waals surface area (Å²) in [5.74, 6) is 1.26. The summed E-state index contributed by atoms with van der Waals surface area (Å²) in [5, 5.41) is 3.33. The molecule has 0 bridgehead atoms. The van der Waals surface area contributed by atoms with Crippen molar-refractivity contribution in [1.29, 1.82) is 0 Å². The number of pyridine rings is 1. The molecule has 3 N–H and O–H groups in total. The van der Waals surface area contributed by atoms with Crippen LogP contribution >= 0.6 is 0 Å². The third-order valence-electron chi connectivity index (χ3n) is 3.70. The molecule has 1 heterocycles. The van der Waals surface area contributed by atoms with Crippen LogP contribution in [0.15, 0.2) is 30.3 Å². The molecule has 1 aromatic heterocycles. The zero-order chi connectivity index (χ0) is 14.7. The fraction of sp³-hybridized carbons (Fsp3) is 0.353. The van der Waals surface area contributed by atoms with Crippen LogP contribution in [0.3, 0.4) is 0 Å². The van der Waals surface area contributed by atoms with E-state index < -0.39 is 0 Å². The molecule has 3 rings (SSSR count). The van der Waals surface area contributed by atoms with Gasteiger partial charge in [-0.1, -0.05) is 13.0 Å². The fourth-order valence-electron chi connectivity index (χ4n) is 2.63. The van der Waals surface area contributed by atoms with Gasteiger partial charge in [-0.25, -0.2) is 0 Å². The van der Waals surface area contributed by atoms with Crippen LogP contribution in [0.5, 0.6) is 5.88 Å². The Hall–Kier alpha value is -2.23. The number of aryl methyl sites for hydroxylation is 2. The predicted octanol–water partition coefficient (Wildman–Crippen LogP) is 3.68. The van der Waals surface area contributed by atoms with Crippen LogP contribution in [0, 0.1) is 0 Å². The molecule has 1 aliphatic rings. The van der Waals surface area contributed by atoms with Gasteiger partial charge in [0.2, 0.25) is 5.88 Å². The second-order valence-corrected chi connectivity index (χ2v) is 5.40. The molecular formula is C17H21N3O. The van der Waals surface area contributed by atoms with Crippen molar-refractivity contribution < 1.29 is 4.74 Å². The number of aromatic nitrogens is 1.